The highest BCUT2D eigenvalue weighted by atomic mass is 16.8. The maximum Gasteiger partial charge on any atom is 0.252 e. The molecule has 0 aliphatic carbocycles. The lowest BCUT2D eigenvalue weighted by Gasteiger charge is -2.44. The van der Waals surface area contributed by atoms with E-state index >= 15 is 0 Å². The minimum Gasteiger partial charge on any atom is -0.462 e. The Morgan fingerprint density at radius 3 is 1.35 bits per heavy atom. The quantitative estimate of drug-likeness (QED) is 0.0813. The van der Waals surface area contributed by atoms with Gasteiger partial charge in [-0.25, -0.2) is 4.85 Å². The highest BCUT2D eigenvalue weighted by Gasteiger charge is 2.43. The predicted octanol–water partition coefficient (Wildman–Crippen LogP) is 11.4. The highest BCUT2D eigenvalue weighted by molar-refractivity contribution is 7.00. The molecular weight excluding hydrogens is 803 g/mol. The topological polar surface area (TPSA) is 78.2 Å². The molecule has 0 saturated carbocycles. The normalized spacial score (nSPS) is 18.4. The summed E-state index contributed by atoms with van der Waals surface area (Å²) in [6.07, 6.45) is -0.113. The second-order valence-electron chi connectivity index (χ2n) is 16.9. The highest BCUT2D eigenvalue weighted by Crippen LogP contribution is 2.47. The van der Waals surface area contributed by atoms with Crippen LogP contribution in [0.4, 0.5) is 39.8 Å². The van der Waals surface area contributed by atoms with Crippen LogP contribution in [0.25, 0.3) is 38.2 Å². The maximum absolute atomic E-state index is 10.1. The Balaban J connectivity index is 1.00. The number of para-hydroxylation sites is 2. The van der Waals surface area contributed by atoms with E-state index in [4.69, 9.17) is 25.5 Å². The smallest absolute Gasteiger partial charge is 0.252 e. The van der Waals surface area contributed by atoms with Gasteiger partial charge in [-0.1, -0.05) is 84.9 Å². The van der Waals surface area contributed by atoms with Crippen molar-refractivity contribution < 1.29 is 18.9 Å². The molecule has 4 heterocycles. The first kappa shape index (κ1) is 38.6. The van der Waals surface area contributed by atoms with Crippen molar-refractivity contribution in [3.63, 3.8) is 0 Å². The number of rotatable bonds is 9. The predicted molar refractivity (Wildman–Crippen MR) is 258 cm³/mol. The Kier molecular flexibility index (Phi) is 9.10. The number of nitriles is 1. The Bertz CT molecular complexity index is 3040. The van der Waals surface area contributed by atoms with Crippen LogP contribution in [0, 0.1) is 17.9 Å². The second kappa shape index (κ2) is 15.3. The van der Waals surface area contributed by atoms with E-state index in [1.807, 2.05) is 50.2 Å². The fourth-order valence-corrected chi connectivity index (χ4v) is 9.43. The Hall–Kier alpha value is -8.08. The fraction of sp³-hybridized carbons (Fsp3) is 0.107. The first-order valence-corrected chi connectivity index (χ1v) is 21.8. The zero-order valence-corrected chi connectivity index (χ0v) is 35.6. The third kappa shape index (κ3) is 6.86. The molecule has 4 aliphatic heterocycles. The number of benzene rings is 8. The average Bonchev–Trinajstić information content (AvgIpc) is 4.27. The van der Waals surface area contributed by atoms with E-state index in [0.29, 0.717) is 11.3 Å². The van der Waals surface area contributed by atoms with Crippen LogP contribution < -0.4 is 35.7 Å². The first-order chi connectivity index (χ1) is 31.9. The van der Waals surface area contributed by atoms with Gasteiger partial charge in [0.05, 0.1) is 12.6 Å². The lowest BCUT2D eigenvalue weighted by molar-refractivity contribution is 0.178. The monoisotopic (exact) mass is 842 g/mol. The zero-order valence-electron chi connectivity index (χ0n) is 35.6. The molecule has 0 N–H and O–H groups in total. The van der Waals surface area contributed by atoms with Crippen molar-refractivity contribution in [1.82, 2.24) is 0 Å². The van der Waals surface area contributed by atoms with Crippen LogP contribution in [0.15, 0.2) is 176 Å². The molecule has 4 atom stereocenters. The van der Waals surface area contributed by atoms with E-state index in [-0.39, 0.29) is 31.5 Å². The van der Waals surface area contributed by atoms with E-state index < -0.39 is 0 Å². The van der Waals surface area contributed by atoms with Gasteiger partial charge in [-0.15, -0.1) is 0 Å². The van der Waals surface area contributed by atoms with Crippen molar-refractivity contribution in [1.29, 1.82) is 5.26 Å². The summed E-state index contributed by atoms with van der Waals surface area (Å²) in [5.74, 6) is 1.57. The van der Waals surface area contributed by atoms with Crippen molar-refractivity contribution in [2.75, 3.05) is 9.80 Å². The van der Waals surface area contributed by atoms with Gasteiger partial charge in [-0.05, 0) is 155 Å². The van der Waals surface area contributed by atoms with Crippen molar-refractivity contribution in [2.45, 2.75) is 38.6 Å². The lowest BCUT2D eigenvalue weighted by Crippen LogP contribution is -2.61. The number of nitrogens with zero attached hydrogens (tertiary/aromatic N) is 4. The third-order valence-corrected chi connectivity index (χ3v) is 12.8. The maximum atomic E-state index is 10.1. The zero-order chi connectivity index (χ0) is 43.8. The van der Waals surface area contributed by atoms with E-state index in [9.17, 15) is 5.26 Å². The molecule has 8 nitrogen and oxygen atoms in total. The van der Waals surface area contributed by atoms with Gasteiger partial charge in [0, 0.05) is 39.7 Å². The molecular formula is C56H39BN4O4. The van der Waals surface area contributed by atoms with Crippen molar-refractivity contribution in [3.05, 3.63) is 193 Å². The van der Waals surface area contributed by atoms with Crippen molar-refractivity contribution >= 4 is 62.9 Å². The van der Waals surface area contributed by atoms with Gasteiger partial charge >= 0.3 is 0 Å². The van der Waals surface area contributed by atoms with Crippen LogP contribution in [0.5, 0.6) is 11.5 Å². The summed E-state index contributed by atoms with van der Waals surface area (Å²) in [7, 11) is 0. The summed E-state index contributed by atoms with van der Waals surface area (Å²) in [6, 6.07) is 63.4. The molecule has 2 fully saturated rings. The van der Waals surface area contributed by atoms with Gasteiger partial charge in [0.25, 0.3) is 6.71 Å². The number of ether oxygens (including phenoxy) is 4. The number of epoxide rings is 2. The van der Waals surface area contributed by atoms with Gasteiger partial charge in [0.15, 0.2) is 5.69 Å². The van der Waals surface area contributed by atoms with Crippen LogP contribution in [0.3, 0.4) is 0 Å². The second-order valence-corrected chi connectivity index (χ2v) is 16.9. The van der Waals surface area contributed by atoms with Crippen LogP contribution in [-0.2, 0) is 9.47 Å². The summed E-state index contributed by atoms with van der Waals surface area (Å²) in [4.78, 5) is 8.51. The SMILES string of the molecule is [C-]#[N+]c1cc(C#N)cc(-c2cc3c4c(c2)N(c2ccc(-c5ccc(OC6OC6C)cc5)cc2)c2ccccc2B4c2ccccc2N3c2ccc(-c3ccc(OC4OC4C)cc3)cc2)c1. The number of anilines is 6. The first-order valence-electron chi connectivity index (χ1n) is 21.8. The summed E-state index contributed by atoms with van der Waals surface area (Å²) in [5.41, 5.74) is 16.8. The molecule has 0 bridgehead atoms. The average molecular weight is 843 g/mol. The molecule has 2 saturated heterocycles. The van der Waals surface area contributed by atoms with E-state index in [1.54, 1.807) is 6.07 Å². The lowest BCUT2D eigenvalue weighted by atomic mass is 9.33. The summed E-state index contributed by atoms with van der Waals surface area (Å²) in [6.45, 7) is 11.9. The molecule has 4 aliphatic rings. The molecule has 310 valence electrons. The Labute approximate surface area is 378 Å². The summed E-state index contributed by atoms with van der Waals surface area (Å²) >= 11 is 0. The molecule has 8 aromatic rings. The molecule has 12 rings (SSSR count). The van der Waals surface area contributed by atoms with Gasteiger partial charge in [0.1, 0.15) is 23.7 Å². The van der Waals surface area contributed by atoms with Gasteiger partial charge in [0.2, 0.25) is 12.6 Å². The van der Waals surface area contributed by atoms with Crippen LogP contribution >= 0.6 is 0 Å². The Morgan fingerprint density at radius 2 is 0.938 bits per heavy atom. The standard InChI is InChI=1S/C56H39BN4O4/c1-34-55(62-34)64-46-24-16-39(17-25-46)37-12-20-44(21-13-37)60-50-10-6-4-8-48(50)57-49-9-5-7-11-51(49)61(45-22-14-38(15-23-45)40-18-26-47(27-19-40)65-56-35(2)63-56)53-32-42(31-52(60)54(53)57)41-28-36(33-58)29-43(30-41)59-3/h4-32,34-35,55-56H,1-2H3. The number of hydrogen-bond acceptors (Lipinski definition) is 7. The van der Waals surface area contributed by atoms with Gasteiger partial charge in [-0.2, -0.15) is 5.26 Å². The number of fused-ring (bicyclic) bond motifs is 4. The summed E-state index contributed by atoms with van der Waals surface area (Å²) < 4.78 is 22.8. The minimum absolute atomic E-state index is 0.0636. The molecule has 9 heteroatoms. The molecule has 8 aromatic carbocycles. The molecule has 0 aromatic heterocycles. The van der Waals surface area contributed by atoms with Crippen LogP contribution in [0.2, 0.25) is 0 Å². The molecule has 65 heavy (non-hydrogen) atoms. The summed E-state index contributed by atoms with van der Waals surface area (Å²) in [5, 5.41) is 10.1. The molecule has 0 spiro atoms. The van der Waals surface area contributed by atoms with Gasteiger partial charge < -0.3 is 28.7 Å². The van der Waals surface area contributed by atoms with E-state index in [1.165, 1.54) is 16.4 Å². The molecule has 0 amide bonds. The third-order valence-electron chi connectivity index (χ3n) is 12.8. The van der Waals surface area contributed by atoms with Crippen LogP contribution in [-0.4, -0.2) is 31.5 Å². The Morgan fingerprint density at radius 1 is 0.523 bits per heavy atom. The molecule has 0 radical (unpaired) electrons. The van der Waals surface area contributed by atoms with E-state index in [2.05, 4.69) is 154 Å². The van der Waals surface area contributed by atoms with Crippen molar-refractivity contribution in [2.24, 2.45) is 0 Å². The fourth-order valence-electron chi connectivity index (χ4n) is 9.43. The van der Waals surface area contributed by atoms with Gasteiger partial charge in [-0.3, -0.25) is 0 Å². The molecule has 4 unspecified atom stereocenters. The minimum atomic E-state index is -0.177. The van der Waals surface area contributed by atoms with Crippen molar-refractivity contribution in [3.8, 4) is 50.9 Å². The largest absolute Gasteiger partial charge is 0.462 e. The van der Waals surface area contributed by atoms with Crippen LogP contribution in [0.1, 0.15) is 19.4 Å². The van der Waals surface area contributed by atoms with E-state index in [0.717, 1.165) is 79.0 Å². The number of hydrogen-bond donors (Lipinski definition) is 0.